The average molecular weight is 572 g/mol. The highest BCUT2D eigenvalue weighted by Gasteiger charge is 2.41. The molecule has 0 unspecified atom stereocenters. The Morgan fingerprint density at radius 1 is 1.10 bits per heavy atom. The van der Waals surface area contributed by atoms with Crippen molar-refractivity contribution >= 4 is 28.9 Å². The van der Waals surface area contributed by atoms with E-state index in [1.54, 1.807) is 0 Å². The summed E-state index contributed by atoms with van der Waals surface area (Å²) in [5, 5.41) is 10.5. The van der Waals surface area contributed by atoms with Gasteiger partial charge in [-0.3, -0.25) is 4.79 Å². The molecule has 2 fully saturated rings. The summed E-state index contributed by atoms with van der Waals surface area (Å²) in [5.41, 5.74) is 1.82. The highest BCUT2D eigenvalue weighted by atomic mass is 32.1. The molecule has 40 heavy (non-hydrogen) atoms. The number of carbonyl (C=O) groups is 2. The molecule has 0 spiro atoms. The average Bonchev–Trinajstić information content (AvgIpc) is 3.64. The third kappa shape index (κ3) is 7.93. The number of esters is 1. The van der Waals surface area contributed by atoms with Gasteiger partial charge in [0, 0.05) is 23.0 Å². The molecule has 0 radical (unpaired) electrons. The van der Waals surface area contributed by atoms with Crippen LogP contribution in [0.15, 0.2) is 36.4 Å². The Hall–Kier alpha value is -2.26. The van der Waals surface area contributed by atoms with Gasteiger partial charge in [-0.1, -0.05) is 45.2 Å². The van der Waals surface area contributed by atoms with E-state index in [2.05, 4.69) is 6.92 Å². The summed E-state index contributed by atoms with van der Waals surface area (Å²) < 4.78 is 17.3. The Labute approximate surface area is 242 Å². The van der Waals surface area contributed by atoms with Gasteiger partial charge < -0.3 is 24.2 Å². The first-order chi connectivity index (χ1) is 19.2. The Morgan fingerprint density at radius 3 is 2.58 bits per heavy atom. The number of anilines is 1. The summed E-state index contributed by atoms with van der Waals surface area (Å²) in [6.07, 6.45) is 8.14. The van der Waals surface area contributed by atoms with Crippen LogP contribution in [0.1, 0.15) is 112 Å². The van der Waals surface area contributed by atoms with Crippen molar-refractivity contribution in [3.05, 3.63) is 51.7 Å². The third-order valence-electron chi connectivity index (χ3n) is 7.85. The van der Waals surface area contributed by atoms with Crippen molar-refractivity contribution in [1.82, 2.24) is 0 Å². The van der Waals surface area contributed by atoms with Crippen LogP contribution in [-0.2, 0) is 25.4 Å². The molecule has 4 rings (SSSR count). The normalized spacial score (nSPS) is 23.1. The molecule has 4 atom stereocenters. The van der Waals surface area contributed by atoms with Gasteiger partial charge in [-0.2, -0.15) is 0 Å². The predicted molar refractivity (Wildman–Crippen MR) is 158 cm³/mol. The van der Waals surface area contributed by atoms with Gasteiger partial charge in [0.15, 0.2) is 5.79 Å². The monoisotopic (exact) mass is 571 g/mol. The summed E-state index contributed by atoms with van der Waals surface area (Å²) in [7, 11) is 0. The number of ether oxygens (including phenoxy) is 3. The van der Waals surface area contributed by atoms with E-state index in [-0.39, 0.29) is 36.7 Å². The zero-order valence-corrected chi connectivity index (χ0v) is 25.2. The van der Waals surface area contributed by atoms with Crippen LogP contribution in [0.3, 0.4) is 0 Å². The van der Waals surface area contributed by atoms with Crippen LogP contribution < -0.4 is 4.90 Å². The van der Waals surface area contributed by atoms with Gasteiger partial charge in [-0.05, 0) is 82.2 Å². The van der Waals surface area contributed by atoms with E-state index < -0.39 is 11.9 Å². The number of aliphatic hydroxyl groups is 1. The third-order valence-corrected chi connectivity index (χ3v) is 8.98. The van der Waals surface area contributed by atoms with E-state index in [1.165, 1.54) is 11.3 Å². The van der Waals surface area contributed by atoms with Crippen molar-refractivity contribution in [1.29, 1.82) is 0 Å². The minimum absolute atomic E-state index is 0.0798. The van der Waals surface area contributed by atoms with E-state index in [0.717, 1.165) is 73.9 Å². The van der Waals surface area contributed by atoms with E-state index in [0.29, 0.717) is 11.3 Å². The highest BCUT2D eigenvalue weighted by Crippen LogP contribution is 2.32. The predicted octanol–water partition coefficient (Wildman–Crippen LogP) is 6.97. The smallest absolute Gasteiger partial charge is 0.348 e. The first kappa shape index (κ1) is 30.7. The van der Waals surface area contributed by atoms with Crippen LogP contribution in [0.2, 0.25) is 0 Å². The van der Waals surface area contributed by atoms with Crippen molar-refractivity contribution < 1.29 is 28.9 Å². The number of benzene rings is 1. The maximum atomic E-state index is 12.7. The molecule has 0 saturated carbocycles. The second-order valence-corrected chi connectivity index (χ2v) is 12.6. The SMILES string of the molecule is CCCCC[C@H](O)c1ccc(N2C(=O)CC[C@@H]2CCCc2ccc(C(=O)OC[C@@H]3OC(C)(C)O[C@H]3CC)s2)cc1. The molecule has 2 aliphatic heterocycles. The molecule has 2 aliphatic rings. The molecule has 1 amide bonds. The molecular formula is C32H45NO6S. The lowest BCUT2D eigenvalue weighted by atomic mass is 10.0. The quantitative estimate of drug-likeness (QED) is 0.195. The second kappa shape index (κ2) is 14.1. The van der Waals surface area contributed by atoms with Crippen LogP contribution >= 0.6 is 11.3 Å². The number of unbranched alkanes of at least 4 members (excludes halogenated alkanes) is 2. The Balaban J connectivity index is 1.25. The molecule has 0 bridgehead atoms. The molecule has 2 aromatic rings. The summed E-state index contributed by atoms with van der Waals surface area (Å²) in [4.78, 5) is 29.1. The maximum Gasteiger partial charge on any atom is 0.348 e. The summed E-state index contributed by atoms with van der Waals surface area (Å²) in [5.74, 6) is -0.827. The Bertz CT molecular complexity index is 1110. The van der Waals surface area contributed by atoms with Gasteiger partial charge >= 0.3 is 5.97 Å². The zero-order valence-electron chi connectivity index (χ0n) is 24.4. The van der Waals surface area contributed by atoms with Crippen molar-refractivity contribution in [3.63, 3.8) is 0 Å². The number of aliphatic hydroxyl groups excluding tert-OH is 1. The Morgan fingerprint density at radius 2 is 1.85 bits per heavy atom. The zero-order chi connectivity index (χ0) is 28.7. The number of nitrogens with zero attached hydrogens (tertiary/aromatic N) is 1. The van der Waals surface area contributed by atoms with Crippen LogP contribution in [0.4, 0.5) is 5.69 Å². The van der Waals surface area contributed by atoms with Gasteiger partial charge in [-0.15, -0.1) is 11.3 Å². The number of hydrogen-bond acceptors (Lipinski definition) is 7. The van der Waals surface area contributed by atoms with Gasteiger partial charge in [0.05, 0.1) is 12.2 Å². The maximum absolute atomic E-state index is 12.7. The molecule has 1 N–H and O–H groups in total. The lowest BCUT2D eigenvalue weighted by Gasteiger charge is -2.25. The highest BCUT2D eigenvalue weighted by molar-refractivity contribution is 7.13. The molecule has 1 aromatic heterocycles. The number of carbonyl (C=O) groups excluding carboxylic acids is 2. The summed E-state index contributed by atoms with van der Waals surface area (Å²) >= 11 is 1.47. The van der Waals surface area contributed by atoms with Crippen LogP contribution in [0.25, 0.3) is 0 Å². The lowest BCUT2D eigenvalue weighted by Crippen LogP contribution is -2.32. The van der Waals surface area contributed by atoms with Crippen molar-refractivity contribution in [3.8, 4) is 0 Å². The van der Waals surface area contributed by atoms with Gasteiger partial charge in [0.25, 0.3) is 0 Å². The molecule has 1 aromatic carbocycles. The van der Waals surface area contributed by atoms with Crippen molar-refractivity contribution in [2.45, 2.75) is 122 Å². The number of amides is 1. The molecular weight excluding hydrogens is 526 g/mol. The van der Waals surface area contributed by atoms with Crippen LogP contribution in [0, 0.1) is 0 Å². The van der Waals surface area contributed by atoms with E-state index in [4.69, 9.17) is 14.2 Å². The fourth-order valence-corrected chi connectivity index (χ4v) is 6.69. The minimum Gasteiger partial charge on any atom is -0.459 e. The minimum atomic E-state index is -0.660. The molecule has 0 aliphatic carbocycles. The fraction of sp³-hybridized carbons (Fsp3) is 0.625. The van der Waals surface area contributed by atoms with E-state index in [9.17, 15) is 14.7 Å². The number of rotatable bonds is 14. The van der Waals surface area contributed by atoms with E-state index in [1.807, 2.05) is 62.1 Å². The van der Waals surface area contributed by atoms with E-state index >= 15 is 0 Å². The first-order valence-corrected chi connectivity index (χ1v) is 15.7. The molecule has 8 heteroatoms. The summed E-state index contributed by atoms with van der Waals surface area (Å²) in [6, 6.07) is 11.8. The van der Waals surface area contributed by atoms with Gasteiger partial charge in [-0.25, -0.2) is 4.79 Å². The number of thiophene rings is 1. The number of hydrogen-bond donors (Lipinski definition) is 1. The number of aryl methyl sites for hydroxylation is 1. The topological polar surface area (TPSA) is 85.3 Å². The molecule has 7 nitrogen and oxygen atoms in total. The van der Waals surface area contributed by atoms with Gasteiger partial charge in [0.2, 0.25) is 5.91 Å². The van der Waals surface area contributed by atoms with Crippen LogP contribution in [0.5, 0.6) is 0 Å². The molecule has 2 saturated heterocycles. The standard InChI is InChI=1S/C32H45NO6S/c1-5-7-8-12-26(34)22-13-15-24(16-14-22)33-23(17-20-30(33)35)10-9-11-25-18-19-29(40-25)31(36)37-21-28-27(6-2)38-32(3,4)39-28/h13-16,18-19,23,26-28,34H,5-12,17,20-21H2,1-4H3/t23-,26-,27-,28-/m0/s1. The Kier molecular flexibility index (Phi) is 10.8. The largest absolute Gasteiger partial charge is 0.459 e. The fourth-order valence-electron chi connectivity index (χ4n) is 5.74. The molecule has 3 heterocycles. The van der Waals surface area contributed by atoms with Crippen molar-refractivity contribution in [2.24, 2.45) is 0 Å². The summed E-state index contributed by atoms with van der Waals surface area (Å²) in [6.45, 7) is 8.12. The molecule has 220 valence electrons. The van der Waals surface area contributed by atoms with Crippen molar-refractivity contribution in [2.75, 3.05) is 11.5 Å². The van der Waals surface area contributed by atoms with Crippen LogP contribution in [-0.4, -0.2) is 47.6 Å². The van der Waals surface area contributed by atoms with Gasteiger partial charge in [0.1, 0.15) is 17.6 Å². The lowest BCUT2D eigenvalue weighted by molar-refractivity contribution is -0.149. The first-order valence-electron chi connectivity index (χ1n) is 14.9. The second-order valence-electron chi connectivity index (χ2n) is 11.4.